The lowest BCUT2D eigenvalue weighted by molar-refractivity contribution is -0.167. The van der Waals surface area contributed by atoms with Crippen LogP contribution in [-0.2, 0) is 16.6 Å². The summed E-state index contributed by atoms with van der Waals surface area (Å²) in [6.07, 6.45) is 6.36. The van der Waals surface area contributed by atoms with Gasteiger partial charge < -0.3 is 14.9 Å². The number of ether oxygens (including phenoxy) is 1. The zero-order chi connectivity index (χ0) is 19.5. The van der Waals surface area contributed by atoms with E-state index in [9.17, 15) is 15.0 Å². The summed E-state index contributed by atoms with van der Waals surface area (Å²) in [5, 5.41) is 23.1. The van der Waals surface area contributed by atoms with Gasteiger partial charge in [0.05, 0.1) is 11.0 Å². The van der Waals surface area contributed by atoms with E-state index in [4.69, 9.17) is 4.74 Å². The first-order valence-corrected chi connectivity index (χ1v) is 11.2. The number of fused-ring (bicyclic) bond motifs is 1. The highest BCUT2D eigenvalue weighted by Crippen LogP contribution is 2.67. The molecule has 2 N–H and O–H groups in total. The van der Waals surface area contributed by atoms with E-state index < -0.39 is 11.0 Å². The highest BCUT2D eigenvalue weighted by atomic mass is 16.5. The highest BCUT2D eigenvalue weighted by Gasteiger charge is 2.72. The summed E-state index contributed by atoms with van der Waals surface area (Å²) < 4.78 is 6.48. The molecule has 2 aliphatic heterocycles. The minimum Gasteiger partial charge on any atom is -0.504 e. The van der Waals surface area contributed by atoms with Gasteiger partial charge in [-0.2, -0.15) is 0 Å². The van der Waals surface area contributed by atoms with Gasteiger partial charge in [-0.3, -0.25) is 9.69 Å². The van der Waals surface area contributed by atoms with Gasteiger partial charge in [-0.05, 0) is 61.8 Å². The zero-order valence-corrected chi connectivity index (χ0v) is 16.6. The van der Waals surface area contributed by atoms with Crippen molar-refractivity contribution in [1.29, 1.82) is 0 Å². The molecule has 0 unspecified atom stereocenters. The number of aliphatic hydroxyl groups is 1. The van der Waals surface area contributed by atoms with Crippen molar-refractivity contribution < 1.29 is 19.7 Å². The molecule has 1 spiro atoms. The largest absolute Gasteiger partial charge is 0.504 e. The summed E-state index contributed by atoms with van der Waals surface area (Å²) in [5.74, 6) is 1.78. The number of nitrogens with zero attached hydrogens (tertiary/aromatic N) is 1. The SMILES string of the molecule is O=C1CCC2=C(C1)[C@@H]1Oc3c(O)ccc4c3[C@@]13CCN(CC1CC1)[C@H](C4)[C@]3(O)C2. The molecule has 0 aromatic heterocycles. The Kier molecular flexibility index (Phi) is 3.06. The third kappa shape index (κ3) is 1.92. The van der Waals surface area contributed by atoms with E-state index in [0.29, 0.717) is 25.0 Å². The van der Waals surface area contributed by atoms with Crippen LogP contribution in [0.25, 0.3) is 0 Å². The summed E-state index contributed by atoms with van der Waals surface area (Å²) in [7, 11) is 0. The van der Waals surface area contributed by atoms with Crippen LogP contribution in [0, 0.1) is 5.92 Å². The molecule has 152 valence electrons. The molecule has 0 amide bonds. The monoisotopic (exact) mass is 393 g/mol. The molecule has 1 aromatic carbocycles. The molecule has 29 heavy (non-hydrogen) atoms. The number of benzene rings is 1. The van der Waals surface area contributed by atoms with E-state index in [0.717, 1.165) is 49.4 Å². The maximum atomic E-state index is 12.5. The fourth-order valence-corrected chi connectivity index (χ4v) is 7.41. The number of likely N-dealkylation sites (tertiary alicyclic amines) is 1. The first kappa shape index (κ1) is 16.9. The van der Waals surface area contributed by atoms with Crippen molar-refractivity contribution in [3.8, 4) is 11.5 Å². The summed E-state index contributed by atoms with van der Waals surface area (Å²) in [6.45, 7) is 2.04. The quantitative estimate of drug-likeness (QED) is 0.756. The van der Waals surface area contributed by atoms with Gasteiger partial charge in [0.25, 0.3) is 0 Å². The second kappa shape index (κ2) is 5.25. The van der Waals surface area contributed by atoms with Gasteiger partial charge in [0.2, 0.25) is 0 Å². The van der Waals surface area contributed by atoms with Gasteiger partial charge in [-0.15, -0.1) is 0 Å². The Bertz CT molecular complexity index is 995. The van der Waals surface area contributed by atoms with Crippen molar-refractivity contribution >= 4 is 5.78 Å². The van der Waals surface area contributed by atoms with Crippen LogP contribution in [0.5, 0.6) is 11.5 Å². The Morgan fingerprint density at radius 2 is 2.10 bits per heavy atom. The van der Waals surface area contributed by atoms with Crippen molar-refractivity contribution in [2.75, 3.05) is 13.1 Å². The Morgan fingerprint density at radius 1 is 1.24 bits per heavy atom. The van der Waals surface area contributed by atoms with Crippen LogP contribution in [0.2, 0.25) is 0 Å². The smallest absolute Gasteiger partial charge is 0.166 e. The lowest BCUT2D eigenvalue weighted by Crippen LogP contribution is -2.75. The number of phenols is 1. The van der Waals surface area contributed by atoms with Crippen LogP contribution in [0.4, 0.5) is 0 Å². The van der Waals surface area contributed by atoms with Gasteiger partial charge in [0.15, 0.2) is 11.5 Å². The lowest BCUT2D eigenvalue weighted by atomic mass is 9.47. The van der Waals surface area contributed by atoms with Crippen LogP contribution in [-0.4, -0.2) is 51.7 Å². The zero-order valence-electron chi connectivity index (χ0n) is 16.6. The molecule has 7 rings (SSSR count). The second-order valence-electron chi connectivity index (χ2n) is 10.3. The van der Waals surface area contributed by atoms with Crippen molar-refractivity contribution in [1.82, 2.24) is 4.90 Å². The maximum Gasteiger partial charge on any atom is 0.166 e. The number of hydrogen-bond acceptors (Lipinski definition) is 5. The fraction of sp³-hybridized carbons (Fsp3) is 0.625. The van der Waals surface area contributed by atoms with Gasteiger partial charge in [0, 0.05) is 37.4 Å². The summed E-state index contributed by atoms with van der Waals surface area (Å²) in [5.41, 5.74) is 3.16. The van der Waals surface area contributed by atoms with Crippen molar-refractivity contribution in [3.63, 3.8) is 0 Å². The third-order valence-electron chi connectivity index (χ3n) is 8.86. The number of hydrogen-bond donors (Lipinski definition) is 2. The Morgan fingerprint density at radius 3 is 2.93 bits per heavy atom. The molecule has 5 nitrogen and oxygen atoms in total. The van der Waals surface area contributed by atoms with E-state index in [1.165, 1.54) is 24.0 Å². The Hall–Kier alpha value is -1.85. The molecular formula is C24H27NO4. The highest BCUT2D eigenvalue weighted by molar-refractivity contribution is 5.84. The maximum absolute atomic E-state index is 12.5. The summed E-state index contributed by atoms with van der Waals surface area (Å²) in [6, 6.07) is 3.86. The van der Waals surface area contributed by atoms with Gasteiger partial charge in [-0.1, -0.05) is 11.6 Å². The average molecular weight is 393 g/mol. The van der Waals surface area contributed by atoms with Crippen LogP contribution >= 0.6 is 0 Å². The molecule has 5 heteroatoms. The Balaban J connectivity index is 1.47. The predicted molar refractivity (Wildman–Crippen MR) is 106 cm³/mol. The Labute approximate surface area is 170 Å². The number of piperidine rings is 1. The van der Waals surface area contributed by atoms with Crippen LogP contribution in [0.15, 0.2) is 23.3 Å². The second-order valence-corrected chi connectivity index (χ2v) is 10.3. The number of carbonyl (C=O) groups excluding carboxylic acids is 1. The molecule has 0 radical (unpaired) electrons. The number of rotatable bonds is 2. The van der Waals surface area contributed by atoms with Crippen LogP contribution in [0.3, 0.4) is 0 Å². The van der Waals surface area contributed by atoms with E-state index >= 15 is 0 Å². The third-order valence-corrected chi connectivity index (χ3v) is 8.86. The predicted octanol–water partition coefficient (Wildman–Crippen LogP) is 2.62. The molecule has 4 aliphatic carbocycles. The van der Waals surface area contributed by atoms with Gasteiger partial charge in [-0.25, -0.2) is 0 Å². The minimum absolute atomic E-state index is 0.0811. The van der Waals surface area contributed by atoms with E-state index in [1.54, 1.807) is 6.07 Å². The first-order chi connectivity index (χ1) is 14.0. The van der Waals surface area contributed by atoms with Gasteiger partial charge in [0.1, 0.15) is 11.9 Å². The number of carbonyl (C=O) groups is 1. The number of ketones is 1. The summed E-state index contributed by atoms with van der Waals surface area (Å²) in [4.78, 5) is 14.9. The van der Waals surface area contributed by atoms with Gasteiger partial charge >= 0.3 is 0 Å². The first-order valence-electron chi connectivity index (χ1n) is 11.2. The standard InChI is InChI=1S/C24H27NO4/c26-16-5-3-15-11-24(28)19-9-14-4-6-18(27)21-20(14)23(24,22(29-21)17(15)10-16)7-8-25(19)12-13-1-2-13/h4,6,13,19,22,27-28H,1-3,5,7-12H2/t19-,22+,23+,24-/m1/s1. The van der Waals surface area contributed by atoms with E-state index in [2.05, 4.69) is 4.90 Å². The lowest BCUT2D eigenvalue weighted by Gasteiger charge is -2.63. The van der Waals surface area contributed by atoms with Crippen LogP contribution in [0.1, 0.15) is 56.1 Å². The molecule has 1 aromatic rings. The molecular weight excluding hydrogens is 366 g/mol. The van der Waals surface area contributed by atoms with E-state index in [-0.39, 0.29) is 23.7 Å². The molecule has 6 aliphatic rings. The minimum atomic E-state index is -0.893. The van der Waals surface area contributed by atoms with Crippen LogP contribution < -0.4 is 4.74 Å². The van der Waals surface area contributed by atoms with E-state index in [1.807, 2.05) is 6.07 Å². The normalized spacial score (nSPS) is 39.8. The van der Waals surface area contributed by atoms with Crippen molar-refractivity contribution in [3.05, 3.63) is 34.4 Å². The summed E-state index contributed by atoms with van der Waals surface area (Å²) >= 11 is 0. The number of aromatic hydroxyl groups is 1. The topological polar surface area (TPSA) is 70.0 Å². The van der Waals surface area contributed by atoms with Crippen molar-refractivity contribution in [2.24, 2.45) is 5.92 Å². The molecule has 2 fully saturated rings. The average Bonchev–Trinajstić information content (AvgIpc) is 3.43. The molecule has 1 saturated carbocycles. The molecule has 1 saturated heterocycles. The van der Waals surface area contributed by atoms with Crippen molar-refractivity contribution in [2.45, 2.75) is 74.5 Å². The molecule has 2 bridgehead atoms. The molecule has 2 heterocycles. The number of Topliss-reactive ketones (excluding diaryl/α,β-unsaturated/α-hetero) is 1. The molecule has 4 atom stereocenters. The number of phenolic OH excluding ortho intramolecular Hbond substituents is 1. The fourth-order valence-electron chi connectivity index (χ4n) is 7.41.